The fraction of sp³-hybridized carbons (Fsp3) is 0.519. The molecule has 1 saturated heterocycles. The molecule has 3 aliphatic rings. The van der Waals surface area contributed by atoms with Crippen molar-refractivity contribution in [3.8, 4) is 0 Å². The van der Waals surface area contributed by atoms with Crippen LogP contribution in [0.4, 0.5) is 0 Å². The topological polar surface area (TPSA) is 113 Å². The first kappa shape index (κ1) is 27.6. The van der Waals surface area contributed by atoms with Crippen LogP contribution in [0, 0.1) is 0 Å². The average molecular weight is 579 g/mol. The van der Waals surface area contributed by atoms with E-state index in [0.717, 1.165) is 75.0 Å². The summed E-state index contributed by atoms with van der Waals surface area (Å²) in [4.78, 5) is 38.6. The highest BCUT2D eigenvalue weighted by atomic mass is 35.5. The van der Waals surface area contributed by atoms with Gasteiger partial charge in [0.15, 0.2) is 5.01 Å². The molecule has 11 heteroatoms. The third-order valence-electron chi connectivity index (χ3n) is 8.17. The van der Waals surface area contributed by atoms with Crippen molar-refractivity contribution in [2.75, 3.05) is 19.8 Å². The SMILES string of the molecule is Cl.NC1(C(=O)c2cc3cc(Cl)ccc3[nH]2)CCCCC1NC(=O)c1nc2c(s1)CN(C1CCOCC1)CC2. The Balaban J connectivity index is 0.00000294. The van der Waals surface area contributed by atoms with Crippen LogP contribution in [0.2, 0.25) is 5.02 Å². The number of hydrogen-bond acceptors (Lipinski definition) is 7. The van der Waals surface area contributed by atoms with E-state index in [0.29, 0.717) is 34.6 Å². The van der Waals surface area contributed by atoms with E-state index in [1.54, 1.807) is 12.1 Å². The van der Waals surface area contributed by atoms with Crippen LogP contribution < -0.4 is 11.1 Å². The summed E-state index contributed by atoms with van der Waals surface area (Å²) >= 11 is 7.59. The van der Waals surface area contributed by atoms with E-state index >= 15 is 0 Å². The Morgan fingerprint density at radius 1 is 1.21 bits per heavy atom. The molecule has 1 aromatic carbocycles. The van der Waals surface area contributed by atoms with Crippen molar-refractivity contribution < 1.29 is 14.3 Å². The molecule has 1 aliphatic carbocycles. The minimum atomic E-state index is -1.19. The maximum Gasteiger partial charge on any atom is 0.280 e. The Bertz CT molecular complexity index is 1340. The summed E-state index contributed by atoms with van der Waals surface area (Å²) < 4.78 is 5.52. The highest BCUT2D eigenvalue weighted by molar-refractivity contribution is 7.13. The van der Waals surface area contributed by atoms with Gasteiger partial charge >= 0.3 is 0 Å². The lowest BCUT2D eigenvalue weighted by atomic mass is 9.74. The summed E-state index contributed by atoms with van der Waals surface area (Å²) in [5, 5.41) is 5.03. The highest BCUT2D eigenvalue weighted by Gasteiger charge is 2.45. The van der Waals surface area contributed by atoms with Crippen molar-refractivity contribution in [1.82, 2.24) is 20.2 Å². The van der Waals surface area contributed by atoms with Crippen molar-refractivity contribution in [1.29, 1.82) is 0 Å². The fourth-order valence-electron chi connectivity index (χ4n) is 6.04. The molecule has 1 amide bonds. The number of carbonyl (C=O) groups excluding carboxylic acids is 2. The van der Waals surface area contributed by atoms with E-state index in [2.05, 4.69) is 15.2 Å². The number of amides is 1. The van der Waals surface area contributed by atoms with E-state index in [1.165, 1.54) is 16.2 Å². The van der Waals surface area contributed by atoms with Gasteiger partial charge in [0, 0.05) is 59.6 Å². The molecule has 38 heavy (non-hydrogen) atoms. The number of benzene rings is 1. The van der Waals surface area contributed by atoms with Crippen LogP contribution in [0.25, 0.3) is 10.9 Å². The largest absolute Gasteiger partial charge is 0.381 e. The highest BCUT2D eigenvalue weighted by Crippen LogP contribution is 2.33. The molecule has 1 saturated carbocycles. The van der Waals surface area contributed by atoms with Crippen molar-refractivity contribution in [2.45, 2.75) is 69.1 Å². The number of Topliss-reactive ketones (excluding diaryl/α,β-unsaturated/α-hetero) is 1. The second kappa shape index (κ2) is 11.2. The van der Waals surface area contributed by atoms with Crippen LogP contribution in [-0.2, 0) is 17.7 Å². The molecular weight excluding hydrogens is 545 g/mol. The number of thiazole rings is 1. The summed E-state index contributed by atoms with van der Waals surface area (Å²) in [6.07, 6.45) is 5.88. The van der Waals surface area contributed by atoms with Crippen LogP contribution in [0.1, 0.15) is 69.4 Å². The normalized spacial score (nSPS) is 24.5. The molecule has 0 spiro atoms. The molecule has 0 bridgehead atoms. The van der Waals surface area contributed by atoms with Crippen molar-refractivity contribution >= 4 is 57.9 Å². The summed E-state index contributed by atoms with van der Waals surface area (Å²) in [5.41, 5.74) is 7.92. The number of aromatic amines is 1. The first-order chi connectivity index (χ1) is 17.9. The third-order valence-corrected chi connectivity index (χ3v) is 9.49. The Morgan fingerprint density at radius 3 is 2.84 bits per heavy atom. The van der Waals surface area contributed by atoms with Gasteiger partial charge in [-0.2, -0.15) is 0 Å². The van der Waals surface area contributed by atoms with Gasteiger partial charge in [-0.15, -0.1) is 23.7 Å². The van der Waals surface area contributed by atoms with Gasteiger partial charge in [0.1, 0.15) is 5.54 Å². The zero-order valence-corrected chi connectivity index (χ0v) is 23.5. The number of nitrogens with zero attached hydrogens (tertiary/aromatic N) is 2. The van der Waals surface area contributed by atoms with Crippen LogP contribution >= 0.6 is 35.3 Å². The number of nitrogens with two attached hydrogens (primary N) is 1. The molecule has 4 N–H and O–H groups in total. The van der Waals surface area contributed by atoms with Gasteiger partial charge in [0.2, 0.25) is 5.78 Å². The number of ether oxygens (including phenoxy) is 1. The zero-order valence-electron chi connectivity index (χ0n) is 21.1. The van der Waals surface area contributed by atoms with E-state index in [9.17, 15) is 9.59 Å². The number of rotatable bonds is 5. The van der Waals surface area contributed by atoms with Crippen LogP contribution in [0.15, 0.2) is 24.3 Å². The van der Waals surface area contributed by atoms with Gasteiger partial charge < -0.3 is 20.8 Å². The monoisotopic (exact) mass is 577 g/mol. The van der Waals surface area contributed by atoms with E-state index in [1.807, 2.05) is 12.1 Å². The number of hydrogen-bond donors (Lipinski definition) is 3. The Hall–Kier alpha value is -2.01. The van der Waals surface area contributed by atoms with Gasteiger partial charge in [0.25, 0.3) is 5.91 Å². The lowest BCUT2D eigenvalue weighted by Crippen LogP contribution is -2.64. The first-order valence-electron chi connectivity index (χ1n) is 13.1. The number of aromatic nitrogens is 2. The lowest BCUT2D eigenvalue weighted by molar-refractivity contribution is 0.0293. The molecule has 3 aromatic rings. The van der Waals surface area contributed by atoms with Gasteiger partial charge in [-0.25, -0.2) is 4.98 Å². The van der Waals surface area contributed by atoms with Gasteiger partial charge in [-0.3, -0.25) is 14.5 Å². The molecule has 6 rings (SSSR count). The lowest BCUT2D eigenvalue weighted by Gasteiger charge is -2.39. The maximum atomic E-state index is 13.7. The Morgan fingerprint density at radius 2 is 2.03 bits per heavy atom. The fourth-order valence-corrected chi connectivity index (χ4v) is 7.26. The summed E-state index contributed by atoms with van der Waals surface area (Å²) in [6, 6.07) is 7.33. The van der Waals surface area contributed by atoms with E-state index in [4.69, 9.17) is 27.1 Å². The maximum absolute atomic E-state index is 13.7. The number of carbonyl (C=O) groups is 2. The zero-order chi connectivity index (χ0) is 25.6. The number of nitrogens with one attached hydrogen (secondary N) is 2. The van der Waals surface area contributed by atoms with Crippen LogP contribution in [0.5, 0.6) is 0 Å². The molecular formula is C27H33Cl2N5O3S. The second-order valence-corrected chi connectivity index (χ2v) is 12.0. The predicted molar refractivity (Wildman–Crippen MR) is 152 cm³/mol. The van der Waals surface area contributed by atoms with E-state index < -0.39 is 11.6 Å². The number of fused-ring (bicyclic) bond motifs is 2. The smallest absolute Gasteiger partial charge is 0.280 e. The molecule has 2 aliphatic heterocycles. The quantitative estimate of drug-likeness (QED) is 0.385. The molecule has 0 radical (unpaired) electrons. The molecule has 2 atom stereocenters. The van der Waals surface area contributed by atoms with Crippen molar-refractivity contribution in [3.63, 3.8) is 0 Å². The molecule has 8 nitrogen and oxygen atoms in total. The molecule has 204 valence electrons. The molecule has 2 fully saturated rings. The van der Waals surface area contributed by atoms with Gasteiger partial charge in [-0.1, -0.05) is 24.4 Å². The summed E-state index contributed by atoms with van der Waals surface area (Å²) in [6.45, 7) is 3.43. The predicted octanol–water partition coefficient (Wildman–Crippen LogP) is 4.49. The Kier molecular flexibility index (Phi) is 8.14. The van der Waals surface area contributed by atoms with Crippen LogP contribution in [-0.4, -0.2) is 63.9 Å². The molecule has 4 heterocycles. The Labute approximate surface area is 237 Å². The number of ketones is 1. The third kappa shape index (κ3) is 5.24. The number of halogens is 2. The van der Waals surface area contributed by atoms with Crippen molar-refractivity contribution in [2.24, 2.45) is 5.73 Å². The average Bonchev–Trinajstić information content (AvgIpc) is 3.53. The first-order valence-corrected chi connectivity index (χ1v) is 14.3. The van der Waals surface area contributed by atoms with Crippen molar-refractivity contribution in [3.05, 3.63) is 50.6 Å². The standard InChI is InChI=1S/C27H32ClN5O3S.ClH/c28-17-4-5-19-16(13-17)14-21(30-19)24(34)27(29)9-2-1-3-23(27)32-25(35)26-31-20-6-10-33(15-22(20)37-26)18-7-11-36-12-8-18;/h4-5,13-14,18,23,30H,1-3,6-12,15,29H2,(H,32,35);1H. The summed E-state index contributed by atoms with van der Waals surface area (Å²) in [5.74, 6) is -0.426. The molecule has 2 aromatic heterocycles. The minimum Gasteiger partial charge on any atom is -0.381 e. The van der Waals surface area contributed by atoms with Gasteiger partial charge in [0.05, 0.1) is 17.4 Å². The van der Waals surface area contributed by atoms with Crippen LogP contribution in [0.3, 0.4) is 0 Å². The minimum absolute atomic E-state index is 0. The molecule has 2 unspecified atom stereocenters. The second-order valence-electron chi connectivity index (χ2n) is 10.5. The van der Waals surface area contributed by atoms with E-state index in [-0.39, 0.29) is 24.1 Å². The van der Waals surface area contributed by atoms with Gasteiger partial charge in [-0.05, 0) is 49.9 Å². The summed E-state index contributed by atoms with van der Waals surface area (Å²) in [7, 11) is 0. The number of H-pyrrole nitrogens is 1.